The minimum atomic E-state index is 0.229. The Balaban J connectivity index is 1.78. The fraction of sp³-hybridized carbons (Fsp3) is 0.500. The number of aromatic nitrogens is 1. The van der Waals surface area contributed by atoms with Crippen LogP contribution in [0.3, 0.4) is 0 Å². The first kappa shape index (κ1) is 19.0. The van der Waals surface area contributed by atoms with Gasteiger partial charge in [0.2, 0.25) is 5.91 Å². The predicted molar refractivity (Wildman–Crippen MR) is 107 cm³/mol. The molecule has 1 heterocycles. The van der Waals surface area contributed by atoms with Crippen molar-refractivity contribution in [2.24, 2.45) is 11.8 Å². The number of benzene rings is 1. The number of carbonyl (C=O) groups excluding carboxylic acids is 1. The summed E-state index contributed by atoms with van der Waals surface area (Å²) in [6, 6.07) is 12.4. The normalized spacial score (nSPS) is 15.7. The van der Waals surface area contributed by atoms with Crippen LogP contribution in [-0.2, 0) is 17.9 Å². The van der Waals surface area contributed by atoms with E-state index >= 15 is 0 Å². The molecule has 2 aromatic rings. The Hall–Kier alpha value is -1.74. The zero-order chi connectivity index (χ0) is 18.7. The third-order valence-electron chi connectivity index (χ3n) is 5.69. The molecule has 1 aliphatic rings. The summed E-state index contributed by atoms with van der Waals surface area (Å²) in [5, 5.41) is 0.756. The lowest BCUT2D eigenvalue weighted by molar-refractivity contribution is -0.142. The molecule has 3 rings (SSSR count). The molecular formula is C22H29ClN2O. The van der Waals surface area contributed by atoms with E-state index in [1.807, 2.05) is 18.2 Å². The lowest BCUT2D eigenvalue weighted by atomic mass is 9.83. The Morgan fingerprint density at radius 1 is 1.23 bits per heavy atom. The largest absolute Gasteiger partial charge is 0.345 e. The lowest BCUT2D eigenvalue weighted by Gasteiger charge is -2.37. The quantitative estimate of drug-likeness (QED) is 0.642. The first-order valence-corrected chi connectivity index (χ1v) is 10.0. The van der Waals surface area contributed by atoms with Gasteiger partial charge < -0.3 is 9.47 Å². The van der Waals surface area contributed by atoms with Crippen molar-refractivity contribution >= 4 is 17.5 Å². The van der Waals surface area contributed by atoms with Gasteiger partial charge in [0.1, 0.15) is 0 Å². The highest BCUT2D eigenvalue weighted by molar-refractivity contribution is 6.30. The minimum absolute atomic E-state index is 0.229. The monoisotopic (exact) mass is 372 g/mol. The first-order chi connectivity index (χ1) is 12.5. The van der Waals surface area contributed by atoms with E-state index < -0.39 is 0 Å². The first-order valence-electron chi connectivity index (χ1n) is 9.64. The predicted octanol–water partition coefficient (Wildman–Crippen LogP) is 5.36. The molecule has 1 aromatic carbocycles. The van der Waals surface area contributed by atoms with Crippen LogP contribution in [0, 0.1) is 11.8 Å². The van der Waals surface area contributed by atoms with Gasteiger partial charge in [-0.25, -0.2) is 0 Å². The van der Waals surface area contributed by atoms with E-state index in [4.69, 9.17) is 11.6 Å². The topological polar surface area (TPSA) is 25.2 Å². The number of halogens is 1. The standard InChI is InChI=1S/C22H29ClN2O/c1-16(2)17(3)25(22(26)19-8-5-9-19)15-21-11-6-12-24(21)14-18-7-4-10-20(23)13-18/h4,6-7,10-13,16-17,19H,5,8-9,14-15H2,1-3H3. The van der Waals surface area contributed by atoms with E-state index in [1.165, 1.54) is 17.7 Å². The van der Waals surface area contributed by atoms with Crippen molar-refractivity contribution in [1.29, 1.82) is 0 Å². The number of rotatable bonds is 7. The van der Waals surface area contributed by atoms with Gasteiger partial charge in [-0.3, -0.25) is 4.79 Å². The van der Waals surface area contributed by atoms with Gasteiger partial charge in [-0.05, 0) is 55.5 Å². The highest BCUT2D eigenvalue weighted by Gasteiger charge is 2.33. The zero-order valence-corrected chi connectivity index (χ0v) is 16.7. The van der Waals surface area contributed by atoms with Crippen LogP contribution < -0.4 is 0 Å². The van der Waals surface area contributed by atoms with E-state index in [2.05, 4.69) is 54.6 Å². The Morgan fingerprint density at radius 2 is 2.00 bits per heavy atom. The summed E-state index contributed by atoms with van der Waals surface area (Å²) in [6.45, 7) is 7.99. The molecule has 0 spiro atoms. The Bertz CT molecular complexity index is 748. The van der Waals surface area contributed by atoms with Gasteiger partial charge in [-0.1, -0.05) is 44.0 Å². The summed E-state index contributed by atoms with van der Waals surface area (Å²) in [5.41, 5.74) is 2.34. The van der Waals surface area contributed by atoms with Crippen molar-refractivity contribution in [3.63, 3.8) is 0 Å². The average molecular weight is 373 g/mol. The van der Waals surface area contributed by atoms with Crippen molar-refractivity contribution in [1.82, 2.24) is 9.47 Å². The lowest BCUT2D eigenvalue weighted by Crippen LogP contribution is -2.45. The van der Waals surface area contributed by atoms with Gasteiger partial charge >= 0.3 is 0 Å². The number of carbonyl (C=O) groups is 1. The molecule has 1 aliphatic carbocycles. The Kier molecular flexibility index (Phi) is 6.08. The maximum Gasteiger partial charge on any atom is 0.226 e. The van der Waals surface area contributed by atoms with E-state index in [-0.39, 0.29) is 12.0 Å². The molecule has 1 saturated carbocycles. The van der Waals surface area contributed by atoms with Crippen molar-refractivity contribution < 1.29 is 4.79 Å². The number of nitrogens with zero attached hydrogens (tertiary/aromatic N) is 2. The Labute approximate surface area is 162 Å². The molecule has 0 aliphatic heterocycles. The minimum Gasteiger partial charge on any atom is -0.345 e. The third-order valence-corrected chi connectivity index (χ3v) is 5.93. The molecule has 140 valence electrons. The van der Waals surface area contributed by atoms with Gasteiger partial charge in [0, 0.05) is 35.4 Å². The third kappa shape index (κ3) is 4.32. The van der Waals surface area contributed by atoms with E-state index in [9.17, 15) is 4.79 Å². The van der Waals surface area contributed by atoms with Crippen molar-refractivity contribution in [3.05, 3.63) is 58.9 Å². The summed E-state index contributed by atoms with van der Waals surface area (Å²) in [4.78, 5) is 15.1. The summed E-state index contributed by atoms with van der Waals surface area (Å²) < 4.78 is 2.22. The summed E-state index contributed by atoms with van der Waals surface area (Å²) in [6.07, 6.45) is 5.36. The summed E-state index contributed by atoms with van der Waals surface area (Å²) in [7, 11) is 0. The van der Waals surface area contributed by atoms with Crippen LogP contribution in [0.15, 0.2) is 42.6 Å². The molecule has 1 amide bonds. The Morgan fingerprint density at radius 3 is 2.62 bits per heavy atom. The highest BCUT2D eigenvalue weighted by Crippen LogP contribution is 2.30. The van der Waals surface area contributed by atoms with Crippen LogP contribution >= 0.6 is 11.6 Å². The zero-order valence-electron chi connectivity index (χ0n) is 16.0. The van der Waals surface area contributed by atoms with Gasteiger partial charge in [0.15, 0.2) is 0 Å². The fourth-order valence-corrected chi connectivity index (χ4v) is 3.64. The molecule has 1 aromatic heterocycles. The van der Waals surface area contributed by atoms with Crippen LogP contribution in [0.25, 0.3) is 0 Å². The molecule has 1 unspecified atom stereocenters. The second-order valence-electron chi connectivity index (χ2n) is 7.84. The summed E-state index contributed by atoms with van der Waals surface area (Å²) >= 11 is 6.12. The fourth-order valence-electron chi connectivity index (χ4n) is 3.43. The number of amides is 1. The van der Waals surface area contributed by atoms with Crippen LogP contribution in [0.4, 0.5) is 0 Å². The van der Waals surface area contributed by atoms with Crippen molar-refractivity contribution in [2.45, 2.75) is 59.2 Å². The van der Waals surface area contributed by atoms with Crippen molar-refractivity contribution in [2.75, 3.05) is 0 Å². The van der Waals surface area contributed by atoms with Crippen LogP contribution in [-0.4, -0.2) is 21.4 Å². The SMILES string of the molecule is CC(C)C(C)N(Cc1cccn1Cc1cccc(Cl)c1)C(=O)C1CCC1. The van der Waals surface area contributed by atoms with Crippen molar-refractivity contribution in [3.8, 4) is 0 Å². The number of hydrogen-bond donors (Lipinski definition) is 0. The molecular weight excluding hydrogens is 344 g/mol. The molecule has 0 saturated heterocycles. The number of hydrogen-bond acceptors (Lipinski definition) is 1. The molecule has 0 radical (unpaired) electrons. The van der Waals surface area contributed by atoms with E-state index in [1.54, 1.807) is 0 Å². The molecule has 4 heteroatoms. The molecule has 0 N–H and O–H groups in total. The maximum absolute atomic E-state index is 13.0. The van der Waals surface area contributed by atoms with Gasteiger partial charge in [-0.15, -0.1) is 0 Å². The van der Waals surface area contributed by atoms with Crippen LogP contribution in [0.1, 0.15) is 51.3 Å². The van der Waals surface area contributed by atoms with E-state index in [0.717, 1.165) is 24.4 Å². The smallest absolute Gasteiger partial charge is 0.226 e. The van der Waals surface area contributed by atoms with E-state index in [0.29, 0.717) is 18.4 Å². The van der Waals surface area contributed by atoms with Gasteiger partial charge in [-0.2, -0.15) is 0 Å². The van der Waals surface area contributed by atoms with Crippen LogP contribution in [0.5, 0.6) is 0 Å². The summed E-state index contributed by atoms with van der Waals surface area (Å²) in [5.74, 6) is 0.996. The maximum atomic E-state index is 13.0. The van der Waals surface area contributed by atoms with Gasteiger partial charge in [0.25, 0.3) is 0 Å². The van der Waals surface area contributed by atoms with Gasteiger partial charge in [0.05, 0.1) is 6.54 Å². The second kappa shape index (κ2) is 8.30. The average Bonchev–Trinajstić information content (AvgIpc) is 2.97. The highest BCUT2D eigenvalue weighted by atomic mass is 35.5. The molecule has 3 nitrogen and oxygen atoms in total. The molecule has 0 bridgehead atoms. The molecule has 1 fully saturated rings. The second-order valence-corrected chi connectivity index (χ2v) is 8.27. The van der Waals surface area contributed by atoms with Crippen LogP contribution in [0.2, 0.25) is 5.02 Å². The molecule has 26 heavy (non-hydrogen) atoms. The molecule has 1 atom stereocenters.